The van der Waals surface area contributed by atoms with E-state index in [1.54, 1.807) is 4.90 Å². The number of carbonyl (C=O) groups excluding carboxylic acids is 1. The molecule has 1 amide bonds. The summed E-state index contributed by atoms with van der Waals surface area (Å²) >= 11 is 0. The number of amides is 1. The second-order valence-electron chi connectivity index (χ2n) is 3.79. The molecule has 1 rings (SSSR count). The minimum atomic E-state index is -0.209. The van der Waals surface area contributed by atoms with Crippen molar-refractivity contribution < 1.29 is 9.53 Å². The van der Waals surface area contributed by atoms with E-state index in [9.17, 15) is 4.79 Å². The number of nitriles is 1. The number of ether oxygens (including phenoxy) is 1. The van der Waals surface area contributed by atoms with Crippen molar-refractivity contribution in [1.29, 1.82) is 5.26 Å². The maximum Gasteiger partial charge on any atom is 0.409 e. The lowest BCUT2D eigenvalue weighted by Gasteiger charge is -2.33. The van der Waals surface area contributed by atoms with E-state index in [-0.39, 0.29) is 6.09 Å². The van der Waals surface area contributed by atoms with Gasteiger partial charge in [-0.2, -0.15) is 5.26 Å². The Balaban J connectivity index is 2.18. The van der Waals surface area contributed by atoms with Crippen molar-refractivity contribution in [1.82, 2.24) is 9.80 Å². The van der Waals surface area contributed by atoms with E-state index in [1.165, 1.54) is 0 Å². The van der Waals surface area contributed by atoms with Gasteiger partial charge in [-0.1, -0.05) is 0 Å². The van der Waals surface area contributed by atoms with E-state index >= 15 is 0 Å². The van der Waals surface area contributed by atoms with Crippen LogP contribution in [-0.4, -0.2) is 55.2 Å². The van der Waals surface area contributed by atoms with Gasteiger partial charge in [-0.05, 0) is 19.9 Å². The molecule has 1 saturated heterocycles. The van der Waals surface area contributed by atoms with Gasteiger partial charge in [0.1, 0.15) is 0 Å². The molecule has 0 bridgehead atoms. The number of carbonyl (C=O) groups is 1. The largest absolute Gasteiger partial charge is 0.450 e. The predicted octanol–water partition coefficient (Wildman–Crippen LogP) is 1.06. The van der Waals surface area contributed by atoms with Crippen molar-refractivity contribution in [3.8, 4) is 6.07 Å². The van der Waals surface area contributed by atoms with E-state index in [1.807, 2.05) is 6.92 Å². The van der Waals surface area contributed by atoms with Crippen LogP contribution in [-0.2, 0) is 4.74 Å². The molecule has 1 fully saturated rings. The molecule has 0 aromatic heterocycles. The molecule has 0 N–H and O–H groups in total. The van der Waals surface area contributed by atoms with Crippen LogP contribution in [0.5, 0.6) is 0 Å². The third-order valence-corrected chi connectivity index (χ3v) is 2.66. The van der Waals surface area contributed by atoms with Crippen LogP contribution in [0.15, 0.2) is 0 Å². The Morgan fingerprint density at radius 3 is 2.62 bits per heavy atom. The minimum absolute atomic E-state index is 0.209. The lowest BCUT2D eigenvalue weighted by atomic mass is 10.2. The standard InChI is InChI=1S/C11H19N3O2/c1-2-16-11(15)14-9-7-13(8-10-14)6-4-3-5-12/h2-4,6-10H2,1H3. The molecular weight excluding hydrogens is 206 g/mol. The molecule has 90 valence electrons. The van der Waals surface area contributed by atoms with Crippen LogP contribution in [0, 0.1) is 11.3 Å². The number of piperazine rings is 1. The smallest absolute Gasteiger partial charge is 0.409 e. The van der Waals surface area contributed by atoms with Crippen molar-refractivity contribution >= 4 is 6.09 Å². The Labute approximate surface area is 96.6 Å². The quantitative estimate of drug-likeness (QED) is 0.671. The number of nitrogens with zero attached hydrogens (tertiary/aromatic N) is 3. The summed E-state index contributed by atoms with van der Waals surface area (Å²) in [6, 6.07) is 2.14. The summed E-state index contributed by atoms with van der Waals surface area (Å²) in [6.07, 6.45) is 1.31. The topological polar surface area (TPSA) is 56.6 Å². The van der Waals surface area contributed by atoms with E-state index in [2.05, 4.69) is 11.0 Å². The molecule has 0 unspecified atom stereocenters. The second kappa shape index (κ2) is 7.07. The van der Waals surface area contributed by atoms with E-state index in [0.29, 0.717) is 13.0 Å². The third kappa shape index (κ3) is 4.07. The summed E-state index contributed by atoms with van der Waals surface area (Å²) in [5.41, 5.74) is 0. The third-order valence-electron chi connectivity index (χ3n) is 2.66. The highest BCUT2D eigenvalue weighted by atomic mass is 16.6. The van der Waals surface area contributed by atoms with Crippen LogP contribution in [0.2, 0.25) is 0 Å². The zero-order valence-corrected chi connectivity index (χ0v) is 9.81. The monoisotopic (exact) mass is 225 g/mol. The normalized spacial score (nSPS) is 16.9. The van der Waals surface area contributed by atoms with Crippen molar-refractivity contribution in [2.24, 2.45) is 0 Å². The van der Waals surface area contributed by atoms with Gasteiger partial charge >= 0.3 is 6.09 Å². The van der Waals surface area contributed by atoms with Crippen molar-refractivity contribution in [3.63, 3.8) is 0 Å². The molecule has 16 heavy (non-hydrogen) atoms. The van der Waals surface area contributed by atoms with Gasteiger partial charge in [0.15, 0.2) is 0 Å². The van der Waals surface area contributed by atoms with Gasteiger partial charge < -0.3 is 9.64 Å². The Bertz CT molecular complexity index is 254. The van der Waals surface area contributed by atoms with Gasteiger partial charge in [0.05, 0.1) is 12.7 Å². The number of rotatable bonds is 4. The Kier molecular flexibility index (Phi) is 5.65. The SMILES string of the molecule is CCOC(=O)N1CCN(CCCC#N)CC1. The lowest BCUT2D eigenvalue weighted by Crippen LogP contribution is -2.49. The van der Waals surface area contributed by atoms with E-state index < -0.39 is 0 Å². The van der Waals surface area contributed by atoms with Crippen LogP contribution >= 0.6 is 0 Å². The molecule has 0 aromatic rings. The van der Waals surface area contributed by atoms with Crippen LogP contribution in [0.4, 0.5) is 4.79 Å². The van der Waals surface area contributed by atoms with Gasteiger partial charge in [0.25, 0.3) is 0 Å². The van der Waals surface area contributed by atoms with E-state index in [0.717, 1.165) is 39.1 Å². The van der Waals surface area contributed by atoms with Crippen molar-refractivity contribution in [2.45, 2.75) is 19.8 Å². The minimum Gasteiger partial charge on any atom is -0.450 e. The fourth-order valence-corrected chi connectivity index (χ4v) is 1.75. The number of unbranched alkanes of at least 4 members (excludes halogenated alkanes) is 1. The zero-order chi connectivity index (χ0) is 11.8. The van der Waals surface area contributed by atoms with Crippen molar-refractivity contribution in [3.05, 3.63) is 0 Å². The summed E-state index contributed by atoms with van der Waals surface area (Å²) in [5.74, 6) is 0. The Morgan fingerprint density at radius 2 is 2.06 bits per heavy atom. The Morgan fingerprint density at radius 1 is 1.38 bits per heavy atom. The highest BCUT2D eigenvalue weighted by Gasteiger charge is 2.21. The molecule has 0 aromatic carbocycles. The average Bonchev–Trinajstić information content (AvgIpc) is 2.30. The molecule has 0 aliphatic carbocycles. The molecule has 5 nitrogen and oxygen atoms in total. The van der Waals surface area contributed by atoms with Gasteiger partial charge in [-0.15, -0.1) is 0 Å². The maximum atomic E-state index is 11.4. The first-order valence-corrected chi connectivity index (χ1v) is 5.79. The second-order valence-corrected chi connectivity index (χ2v) is 3.79. The lowest BCUT2D eigenvalue weighted by molar-refractivity contribution is 0.0795. The summed E-state index contributed by atoms with van der Waals surface area (Å²) in [6.45, 7) is 6.41. The molecule has 0 saturated carbocycles. The fourth-order valence-electron chi connectivity index (χ4n) is 1.75. The molecule has 0 atom stereocenters. The van der Waals surface area contributed by atoms with Gasteiger partial charge in [-0.3, -0.25) is 4.90 Å². The molecular formula is C11H19N3O2. The van der Waals surface area contributed by atoms with Crippen LogP contribution in [0.25, 0.3) is 0 Å². The Hall–Kier alpha value is -1.28. The maximum absolute atomic E-state index is 11.4. The predicted molar refractivity (Wildman–Crippen MR) is 59.9 cm³/mol. The summed E-state index contributed by atoms with van der Waals surface area (Å²) in [4.78, 5) is 15.4. The van der Waals surface area contributed by atoms with Crippen LogP contribution in [0.1, 0.15) is 19.8 Å². The summed E-state index contributed by atoms with van der Waals surface area (Å²) in [7, 11) is 0. The molecule has 1 heterocycles. The zero-order valence-electron chi connectivity index (χ0n) is 9.81. The summed E-state index contributed by atoms with van der Waals surface area (Å²) < 4.78 is 4.94. The van der Waals surface area contributed by atoms with Gasteiger partial charge in [0, 0.05) is 32.6 Å². The van der Waals surface area contributed by atoms with Crippen molar-refractivity contribution in [2.75, 3.05) is 39.3 Å². The van der Waals surface area contributed by atoms with Gasteiger partial charge in [0.2, 0.25) is 0 Å². The highest BCUT2D eigenvalue weighted by molar-refractivity contribution is 5.67. The molecule has 1 aliphatic rings. The molecule has 1 aliphatic heterocycles. The van der Waals surface area contributed by atoms with E-state index in [4.69, 9.17) is 10.00 Å². The highest BCUT2D eigenvalue weighted by Crippen LogP contribution is 2.05. The van der Waals surface area contributed by atoms with Crippen LogP contribution in [0.3, 0.4) is 0 Å². The first kappa shape index (κ1) is 12.8. The van der Waals surface area contributed by atoms with Crippen LogP contribution < -0.4 is 0 Å². The molecule has 0 spiro atoms. The fraction of sp³-hybridized carbons (Fsp3) is 0.818. The average molecular weight is 225 g/mol. The first-order valence-electron chi connectivity index (χ1n) is 5.79. The first-order chi connectivity index (χ1) is 7.77. The molecule has 5 heteroatoms. The number of hydrogen-bond donors (Lipinski definition) is 0. The summed E-state index contributed by atoms with van der Waals surface area (Å²) in [5, 5.41) is 8.43. The van der Waals surface area contributed by atoms with Gasteiger partial charge in [-0.25, -0.2) is 4.79 Å². The number of hydrogen-bond acceptors (Lipinski definition) is 4. The molecule has 0 radical (unpaired) electrons.